The number of ether oxygens (including phenoxy) is 2. The Labute approximate surface area is 175 Å². The molecule has 0 saturated carbocycles. The van der Waals surface area contributed by atoms with Gasteiger partial charge in [0.2, 0.25) is 0 Å². The van der Waals surface area contributed by atoms with Crippen molar-refractivity contribution in [1.29, 1.82) is 0 Å². The van der Waals surface area contributed by atoms with Gasteiger partial charge < -0.3 is 9.47 Å². The number of thioether (sulfide) groups is 1. The number of benzene rings is 1. The third kappa shape index (κ3) is 4.51. The first-order chi connectivity index (χ1) is 13.0. The fourth-order valence-corrected chi connectivity index (χ4v) is 4.40. The molecule has 0 N–H and O–H groups in total. The standard InChI is InChI=1S/C19H17BrN2O3S2/c1-3-25-17-14(20)7-13(8-15(17)24-2)9-16-18(23)22(19(26)27-16)11-12-5-4-6-21-10-12/h4-10H,3,11H2,1-2H3. The molecule has 1 aromatic carbocycles. The highest BCUT2D eigenvalue weighted by Crippen LogP contribution is 2.39. The Morgan fingerprint density at radius 2 is 2.22 bits per heavy atom. The van der Waals surface area contributed by atoms with Crippen molar-refractivity contribution in [3.63, 3.8) is 0 Å². The molecule has 2 heterocycles. The second-order valence-electron chi connectivity index (χ2n) is 5.60. The van der Waals surface area contributed by atoms with Gasteiger partial charge in [0, 0.05) is 12.4 Å². The summed E-state index contributed by atoms with van der Waals surface area (Å²) in [6, 6.07) is 7.49. The first kappa shape index (κ1) is 19.9. The molecule has 1 aliphatic heterocycles. The average molecular weight is 465 g/mol. The molecule has 27 heavy (non-hydrogen) atoms. The van der Waals surface area contributed by atoms with Crippen LogP contribution in [0.3, 0.4) is 0 Å². The molecule has 1 aromatic heterocycles. The molecule has 8 heteroatoms. The zero-order valence-electron chi connectivity index (χ0n) is 14.8. The number of nitrogens with zero attached hydrogens (tertiary/aromatic N) is 2. The van der Waals surface area contributed by atoms with E-state index in [-0.39, 0.29) is 5.91 Å². The van der Waals surface area contributed by atoms with Gasteiger partial charge in [0.25, 0.3) is 5.91 Å². The molecule has 0 radical (unpaired) electrons. The number of carbonyl (C=O) groups is 1. The van der Waals surface area contributed by atoms with E-state index in [0.29, 0.717) is 33.9 Å². The van der Waals surface area contributed by atoms with E-state index in [0.717, 1.165) is 15.6 Å². The molecule has 0 unspecified atom stereocenters. The van der Waals surface area contributed by atoms with Crippen LogP contribution in [0, 0.1) is 0 Å². The van der Waals surface area contributed by atoms with Crippen molar-refractivity contribution >= 4 is 56.2 Å². The summed E-state index contributed by atoms with van der Waals surface area (Å²) in [5.41, 5.74) is 1.75. The van der Waals surface area contributed by atoms with Crippen LogP contribution in [0.5, 0.6) is 11.5 Å². The third-order valence-electron chi connectivity index (χ3n) is 3.78. The van der Waals surface area contributed by atoms with Crippen molar-refractivity contribution in [1.82, 2.24) is 9.88 Å². The van der Waals surface area contributed by atoms with Crippen LogP contribution in [0.2, 0.25) is 0 Å². The SMILES string of the molecule is CCOc1c(Br)cc(C=C2SC(=S)N(Cc3cccnc3)C2=O)cc1OC. The maximum atomic E-state index is 12.8. The molecule has 2 aromatic rings. The van der Waals surface area contributed by atoms with Crippen LogP contribution >= 0.6 is 39.9 Å². The van der Waals surface area contributed by atoms with Crippen LogP contribution in [-0.4, -0.2) is 33.8 Å². The molecule has 1 saturated heterocycles. The summed E-state index contributed by atoms with van der Waals surface area (Å²) >= 11 is 10.2. The Hall–Kier alpha value is -1.90. The average Bonchev–Trinajstić information content (AvgIpc) is 2.92. The van der Waals surface area contributed by atoms with E-state index in [1.54, 1.807) is 24.4 Å². The van der Waals surface area contributed by atoms with E-state index < -0.39 is 0 Å². The van der Waals surface area contributed by atoms with Gasteiger partial charge in [-0.15, -0.1) is 0 Å². The Bertz CT molecular complexity index is 903. The van der Waals surface area contributed by atoms with Gasteiger partial charge in [-0.1, -0.05) is 30.0 Å². The van der Waals surface area contributed by atoms with Gasteiger partial charge in [-0.3, -0.25) is 14.7 Å². The van der Waals surface area contributed by atoms with Gasteiger partial charge in [0.15, 0.2) is 11.5 Å². The van der Waals surface area contributed by atoms with Crippen LogP contribution in [0.15, 0.2) is 46.0 Å². The summed E-state index contributed by atoms with van der Waals surface area (Å²) in [6.07, 6.45) is 5.24. The Morgan fingerprint density at radius 3 is 2.89 bits per heavy atom. The van der Waals surface area contributed by atoms with Crippen LogP contribution in [-0.2, 0) is 11.3 Å². The van der Waals surface area contributed by atoms with Gasteiger partial charge in [0.1, 0.15) is 4.32 Å². The first-order valence-electron chi connectivity index (χ1n) is 8.18. The van der Waals surface area contributed by atoms with Gasteiger partial charge in [-0.05, 0) is 58.3 Å². The zero-order chi connectivity index (χ0) is 19.4. The number of hydrogen-bond acceptors (Lipinski definition) is 6. The minimum Gasteiger partial charge on any atom is -0.493 e. The van der Waals surface area contributed by atoms with Crippen molar-refractivity contribution in [2.75, 3.05) is 13.7 Å². The summed E-state index contributed by atoms with van der Waals surface area (Å²) in [6.45, 7) is 2.85. The second kappa shape index (κ2) is 8.86. The molecule has 140 valence electrons. The van der Waals surface area contributed by atoms with Crippen molar-refractivity contribution in [3.05, 3.63) is 57.2 Å². The molecular weight excluding hydrogens is 448 g/mol. The summed E-state index contributed by atoms with van der Waals surface area (Å²) in [5, 5.41) is 0. The highest BCUT2D eigenvalue weighted by molar-refractivity contribution is 9.10. The Balaban J connectivity index is 1.86. The minimum atomic E-state index is -0.113. The topological polar surface area (TPSA) is 51.7 Å². The third-order valence-corrected chi connectivity index (χ3v) is 5.74. The van der Waals surface area contributed by atoms with E-state index in [4.69, 9.17) is 21.7 Å². The minimum absolute atomic E-state index is 0.113. The summed E-state index contributed by atoms with van der Waals surface area (Å²) in [5.74, 6) is 1.13. The lowest BCUT2D eigenvalue weighted by Gasteiger charge is -2.14. The van der Waals surface area contributed by atoms with Gasteiger partial charge >= 0.3 is 0 Å². The normalized spacial score (nSPS) is 15.5. The maximum Gasteiger partial charge on any atom is 0.266 e. The molecule has 1 fully saturated rings. The number of hydrogen-bond donors (Lipinski definition) is 0. The summed E-state index contributed by atoms with van der Waals surface area (Å²) in [7, 11) is 1.58. The second-order valence-corrected chi connectivity index (χ2v) is 8.13. The maximum absolute atomic E-state index is 12.8. The largest absolute Gasteiger partial charge is 0.493 e. The predicted octanol–water partition coefficient (Wildman–Crippen LogP) is 4.65. The highest BCUT2D eigenvalue weighted by atomic mass is 79.9. The fourth-order valence-electron chi connectivity index (χ4n) is 2.57. The molecule has 0 spiro atoms. The van der Waals surface area contributed by atoms with Crippen LogP contribution in [0.25, 0.3) is 6.08 Å². The number of carbonyl (C=O) groups excluding carboxylic acids is 1. The van der Waals surface area contributed by atoms with E-state index in [1.165, 1.54) is 11.8 Å². The number of halogens is 1. The number of methoxy groups -OCH3 is 1. The number of thiocarbonyl (C=S) groups is 1. The lowest BCUT2D eigenvalue weighted by molar-refractivity contribution is -0.122. The molecule has 1 aliphatic rings. The molecule has 1 amide bonds. The highest BCUT2D eigenvalue weighted by Gasteiger charge is 2.32. The van der Waals surface area contributed by atoms with Crippen molar-refractivity contribution in [3.8, 4) is 11.5 Å². The number of aromatic nitrogens is 1. The van der Waals surface area contributed by atoms with Crippen LogP contribution in [0.1, 0.15) is 18.1 Å². The van der Waals surface area contributed by atoms with E-state index in [2.05, 4.69) is 20.9 Å². The number of rotatable bonds is 6. The molecule has 0 aliphatic carbocycles. The van der Waals surface area contributed by atoms with Gasteiger partial charge in [0.05, 0.1) is 29.6 Å². The van der Waals surface area contributed by atoms with E-state index in [9.17, 15) is 4.79 Å². The molecule has 0 atom stereocenters. The number of amides is 1. The Morgan fingerprint density at radius 1 is 1.41 bits per heavy atom. The smallest absolute Gasteiger partial charge is 0.266 e. The summed E-state index contributed by atoms with van der Waals surface area (Å²) < 4.78 is 12.3. The summed E-state index contributed by atoms with van der Waals surface area (Å²) in [4.78, 5) is 19.0. The first-order valence-corrected chi connectivity index (χ1v) is 10.2. The van der Waals surface area contributed by atoms with Crippen molar-refractivity contribution in [2.45, 2.75) is 13.5 Å². The molecular formula is C19H17BrN2O3S2. The van der Waals surface area contributed by atoms with E-state index in [1.807, 2.05) is 37.3 Å². The predicted molar refractivity (Wildman–Crippen MR) is 115 cm³/mol. The van der Waals surface area contributed by atoms with Gasteiger partial charge in [-0.2, -0.15) is 0 Å². The lowest BCUT2D eigenvalue weighted by atomic mass is 10.1. The quantitative estimate of drug-likeness (QED) is 0.457. The zero-order valence-corrected chi connectivity index (χ0v) is 18.0. The Kier molecular flexibility index (Phi) is 6.51. The monoisotopic (exact) mass is 464 g/mol. The van der Waals surface area contributed by atoms with Gasteiger partial charge in [-0.25, -0.2) is 0 Å². The van der Waals surface area contributed by atoms with Crippen LogP contribution < -0.4 is 9.47 Å². The van der Waals surface area contributed by atoms with E-state index >= 15 is 0 Å². The van der Waals surface area contributed by atoms with Crippen molar-refractivity contribution < 1.29 is 14.3 Å². The molecule has 0 bridgehead atoms. The lowest BCUT2D eigenvalue weighted by Crippen LogP contribution is -2.27. The van der Waals surface area contributed by atoms with Crippen LogP contribution in [0.4, 0.5) is 0 Å². The molecule has 3 rings (SSSR count). The molecule has 5 nitrogen and oxygen atoms in total. The number of pyridine rings is 1. The fraction of sp³-hybridized carbons (Fsp3) is 0.211. The van der Waals surface area contributed by atoms with Crippen molar-refractivity contribution in [2.24, 2.45) is 0 Å².